The molecule has 0 atom stereocenters. The van der Waals surface area contributed by atoms with Crippen molar-refractivity contribution in [2.24, 2.45) is 11.7 Å². The Labute approximate surface area is 93.6 Å². The van der Waals surface area contributed by atoms with Crippen LogP contribution in [-0.4, -0.2) is 25.8 Å². The van der Waals surface area contributed by atoms with Gasteiger partial charge in [-0.3, -0.25) is 4.79 Å². The number of nitrogens with two attached hydrogens (primary N) is 1. The van der Waals surface area contributed by atoms with Crippen molar-refractivity contribution in [3.8, 4) is 0 Å². The second-order valence-electron chi connectivity index (χ2n) is 3.07. The molecular formula is C11H26N2O2. The monoisotopic (exact) mass is 218 g/mol. The molecule has 0 aromatic heterocycles. The highest BCUT2D eigenvalue weighted by atomic mass is 16.2. The quantitative estimate of drug-likeness (QED) is 0.699. The zero-order valence-corrected chi connectivity index (χ0v) is 10.7. The van der Waals surface area contributed by atoms with Crippen LogP contribution >= 0.6 is 0 Å². The van der Waals surface area contributed by atoms with Gasteiger partial charge in [0.2, 0.25) is 5.91 Å². The van der Waals surface area contributed by atoms with Crippen LogP contribution < -0.4 is 11.1 Å². The van der Waals surface area contributed by atoms with E-state index in [9.17, 15) is 9.59 Å². The summed E-state index contributed by atoms with van der Waals surface area (Å²) < 4.78 is 0. The van der Waals surface area contributed by atoms with Crippen LogP contribution in [0.25, 0.3) is 0 Å². The molecule has 0 bridgehead atoms. The normalized spacial score (nSPS) is 7.93. The van der Waals surface area contributed by atoms with Crippen LogP contribution in [0.15, 0.2) is 0 Å². The van der Waals surface area contributed by atoms with Gasteiger partial charge in [-0.1, -0.05) is 40.5 Å². The second-order valence-corrected chi connectivity index (χ2v) is 3.07. The van der Waals surface area contributed by atoms with Crippen LogP contribution in [0.5, 0.6) is 0 Å². The molecule has 0 radical (unpaired) electrons. The fraction of sp³-hybridized carbons (Fsp3) is 0.818. The molecule has 0 aromatic rings. The molecule has 1 amide bonds. The predicted octanol–water partition coefficient (Wildman–Crippen LogP) is 1.34. The van der Waals surface area contributed by atoms with Crippen molar-refractivity contribution in [1.82, 2.24) is 5.32 Å². The van der Waals surface area contributed by atoms with Crippen LogP contribution in [0.4, 0.5) is 0 Å². The van der Waals surface area contributed by atoms with Crippen molar-refractivity contribution in [2.45, 2.75) is 40.5 Å². The number of nitrogens with one attached hydrogen (secondary N) is 1. The van der Waals surface area contributed by atoms with Gasteiger partial charge in [-0.25, -0.2) is 0 Å². The molecule has 3 N–H and O–H groups in total. The summed E-state index contributed by atoms with van der Waals surface area (Å²) in [5.41, 5.74) is 4.50. The molecule has 0 aromatic carbocycles. The highest BCUT2D eigenvalue weighted by Gasteiger charge is 2.03. The molecule has 0 aliphatic heterocycles. The number of carbonyl (C=O) groups excluding carboxylic acids is 2. The first-order chi connectivity index (χ1) is 7.09. The highest BCUT2D eigenvalue weighted by molar-refractivity contribution is 5.79. The molecule has 4 heteroatoms. The Bertz CT molecular complexity index is 135. The van der Waals surface area contributed by atoms with E-state index in [4.69, 9.17) is 0 Å². The van der Waals surface area contributed by atoms with Crippen molar-refractivity contribution >= 4 is 12.2 Å². The number of hydrogen-bond acceptors (Lipinski definition) is 3. The first-order valence-electron chi connectivity index (χ1n) is 5.39. The van der Waals surface area contributed by atoms with Crippen LogP contribution in [0.1, 0.15) is 40.5 Å². The average molecular weight is 218 g/mol. The van der Waals surface area contributed by atoms with Crippen molar-refractivity contribution < 1.29 is 9.59 Å². The molecule has 0 saturated carbocycles. The summed E-state index contributed by atoms with van der Waals surface area (Å²) >= 11 is 0. The average Bonchev–Trinajstić information content (AvgIpc) is 2.28. The van der Waals surface area contributed by atoms with Gasteiger partial charge in [-0.2, -0.15) is 0 Å². The number of rotatable bonds is 4. The minimum Gasteiger partial charge on any atom is -0.349 e. The van der Waals surface area contributed by atoms with Crippen LogP contribution in [-0.2, 0) is 9.59 Å². The lowest BCUT2D eigenvalue weighted by atomic mass is 10.2. The van der Waals surface area contributed by atoms with E-state index in [2.05, 4.69) is 24.9 Å². The van der Waals surface area contributed by atoms with E-state index in [-0.39, 0.29) is 18.4 Å². The Kier molecular flexibility index (Phi) is 24.6. The van der Waals surface area contributed by atoms with Gasteiger partial charge < -0.3 is 15.8 Å². The summed E-state index contributed by atoms with van der Waals surface area (Å²) in [4.78, 5) is 20.3. The lowest BCUT2D eigenvalue weighted by Gasteiger charge is -2.01. The molecule has 92 valence electrons. The summed E-state index contributed by atoms with van der Waals surface area (Å²) in [7, 11) is 1.50. The maximum Gasteiger partial charge on any atom is 0.222 e. The van der Waals surface area contributed by atoms with Gasteiger partial charge in [0.05, 0.1) is 6.54 Å². The second kappa shape index (κ2) is 18.8. The third kappa shape index (κ3) is 24.6. The minimum atomic E-state index is -0.0814. The maximum atomic E-state index is 10.6. The van der Waals surface area contributed by atoms with Gasteiger partial charge in [0.15, 0.2) is 0 Å². The lowest BCUT2D eigenvalue weighted by molar-refractivity contribution is -0.125. The van der Waals surface area contributed by atoms with Crippen LogP contribution in [0, 0.1) is 5.92 Å². The molecule has 4 nitrogen and oxygen atoms in total. The predicted molar refractivity (Wildman–Crippen MR) is 64.6 cm³/mol. The molecular weight excluding hydrogens is 192 g/mol. The fourth-order valence-electron chi connectivity index (χ4n) is 0.346. The van der Waals surface area contributed by atoms with E-state index in [0.29, 0.717) is 6.29 Å². The topological polar surface area (TPSA) is 72.2 Å². The lowest BCUT2D eigenvalue weighted by Crippen LogP contribution is -2.28. The smallest absolute Gasteiger partial charge is 0.222 e. The summed E-state index contributed by atoms with van der Waals surface area (Å²) in [5.74, 6) is -0.118. The minimum absolute atomic E-state index is 0.0371. The first kappa shape index (κ1) is 19.6. The maximum absolute atomic E-state index is 10.6. The van der Waals surface area contributed by atoms with Crippen molar-refractivity contribution in [3.05, 3.63) is 0 Å². The van der Waals surface area contributed by atoms with E-state index in [1.165, 1.54) is 19.9 Å². The largest absolute Gasteiger partial charge is 0.349 e. The van der Waals surface area contributed by atoms with Gasteiger partial charge in [-0.05, 0) is 7.05 Å². The van der Waals surface area contributed by atoms with Gasteiger partial charge in [-0.15, -0.1) is 0 Å². The molecule has 0 unspecified atom stereocenters. The molecule has 0 saturated heterocycles. The molecule has 0 rings (SSSR count). The third-order valence-corrected chi connectivity index (χ3v) is 1.38. The van der Waals surface area contributed by atoms with Crippen LogP contribution in [0.3, 0.4) is 0 Å². The van der Waals surface area contributed by atoms with E-state index < -0.39 is 0 Å². The van der Waals surface area contributed by atoms with Crippen LogP contribution in [0.2, 0.25) is 0 Å². The zero-order chi connectivity index (χ0) is 12.7. The van der Waals surface area contributed by atoms with Crippen molar-refractivity contribution in [1.29, 1.82) is 0 Å². The molecule has 0 aliphatic rings. The molecule has 15 heavy (non-hydrogen) atoms. The Morgan fingerprint density at radius 3 is 1.87 bits per heavy atom. The van der Waals surface area contributed by atoms with E-state index in [1.54, 1.807) is 13.8 Å². The van der Waals surface area contributed by atoms with Gasteiger partial charge >= 0.3 is 0 Å². The van der Waals surface area contributed by atoms with E-state index in [1.807, 2.05) is 0 Å². The number of aldehydes is 1. The summed E-state index contributed by atoms with van der Waals surface area (Å²) in [6.07, 6.45) is 3.31. The third-order valence-electron chi connectivity index (χ3n) is 1.38. The number of amides is 1. The van der Waals surface area contributed by atoms with Gasteiger partial charge in [0, 0.05) is 5.92 Å². The molecule has 0 heterocycles. The Morgan fingerprint density at radius 1 is 1.27 bits per heavy atom. The van der Waals surface area contributed by atoms with Gasteiger partial charge in [0.25, 0.3) is 0 Å². The molecule has 0 aliphatic carbocycles. The summed E-state index contributed by atoms with van der Waals surface area (Å²) in [5, 5.41) is 2.42. The van der Waals surface area contributed by atoms with E-state index >= 15 is 0 Å². The number of hydrogen-bond donors (Lipinski definition) is 2. The number of unbranched alkanes of at least 4 members (excludes halogenated alkanes) is 1. The van der Waals surface area contributed by atoms with Crippen molar-refractivity contribution in [3.63, 3.8) is 0 Å². The summed E-state index contributed by atoms with van der Waals surface area (Å²) in [6.45, 7) is 8.04. The Balaban J connectivity index is -0.000000202. The zero-order valence-electron chi connectivity index (χ0n) is 10.7. The van der Waals surface area contributed by atoms with E-state index in [0.717, 1.165) is 0 Å². The first-order valence-corrected chi connectivity index (χ1v) is 5.39. The SMILES string of the molecule is CC(C)C(=O)NCC=O.CCCC.CN. The van der Waals surface area contributed by atoms with Gasteiger partial charge in [0.1, 0.15) is 6.29 Å². The molecule has 0 spiro atoms. The Morgan fingerprint density at radius 2 is 1.67 bits per heavy atom. The standard InChI is InChI=1S/C6H11NO2.C4H10.CH5N/c1-5(2)6(9)7-3-4-8;1-3-4-2;1-2/h4-5H,3H2,1-2H3,(H,7,9);3-4H2,1-2H3;2H2,1H3. The number of carbonyl (C=O) groups is 2. The highest BCUT2D eigenvalue weighted by Crippen LogP contribution is 1.88. The Hall–Kier alpha value is -0.900. The van der Waals surface area contributed by atoms with Crippen molar-refractivity contribution in [2.75, 3.05) is 13.6 Å². The summed E-state index contributed by atoms with van der Waals surface area (Å²) in [6, 6.07) is 0. The molecule has 0 fully saturated rings. The fourth-order valence-corrected chi connectivity index (χ4v) is 0.346.